The van der Waals surface area contributed by atoms with Crippen LogP contribution in [0.3, 0.4) is 0 Å². The molecule has 1 saturated heterocycles. The first-order valence-electron chi connectivity index (χ1n) is 8.91. The number of aromatic nitrogens is 2. The van der Waals surface area contributed by atoms with Crippen LogP contribution in [0.5, 0.6) is 0 Å². The zero-order valence-corrected chi connectivity index (χ0v) is 14.8. The minimum absolute atomic E-state index is 0.272. The summed E-state index contributed by atoms with van der Waals surface area (Å²) < 4.78 is 29.5. The molecule has 1 aliphatic heterocycles. The van der Waals surface area contributed by atoms with Crippen molar-refractivity contribution in [1.29, 1.82) is 0 Å². The predicted octanol–water partition coefficient (Wildman–Crippen LogP) is 4.63. The van der Waals surface area contributed by atoms with Crippen molar-refractivity contribution in [2.24, 2.45) is 7.05 Å². The molecule has 0 atom stereocenters. The van der Waals surface area contributed by atoms with E-state index in [1.807, 2.05) is 25.4 Å². The highest BCUT2D eigenvalue weighted by molar-refractivity contribution is 5.81. The van der Waals surface area contributed by atoms with E-state index in [9.17, 15) is 8.78 Å². The molecule has 0 aliphatic carbocycles. The Labute approximate surface area is 151 Å². The lowest BCUT2D eigenvalue weighted by molar-refractivity contribution is 0.331. The van der Waals surface area contributed by atoms with Gasteiger partial charge in [0.1, 0.15) is 17.3 Å². The van der Waals surface area contributed by atoms with E-state index in [0.29, 0.717) is 11.3 Å². The van der Waals surface area contributed by atoms with Crippen molar-refractivity contribution in [3.05, 3.63) is 65.9 Å². The highest BCUT2D eigenvalue weighted by Gasteiger charge is 2.18. The summed E-state index contributed by atoms with van der Waals surface area (Å²) in [6, 6.07) is 11.4. The number of aryl methyl sites for hydroxylation is 1. The number of nitrogens with zero attached hydrogens (tertiary/aromatic N) is 3. The van der Waals surface area contributed by atoms with Gasteiger partial charge in [-0.3, -0.25) is 9.58 Å². The predicted molar refractivity (Wildman–Crippen MR) is 98.5 cm³/mol. The van der Waals surface area contributed by atoms with Crippen LogP contribution >= 0.6 is 0 Å². The molecule has 0 N–H and O–H groups in total. The second-order valence-corrected chi connectivity index (χ2v) is 6.87. The maximum Gasteiger partial charge on any atom is 0.131 e. The van der Waals surface area contributed by atoms with Crippen molar-refractivity contribution in [3.8, 4) is 22.4 Å². The van der Waals surface area contributed by atoms with Gasteiger partial charge < -0.3 is 0 Å². The number of halogens is 2. The smallest absolute Gasteiger partial charge is 0.131 e. The minimum atomic E-state index is -0.301. The quantitative estimate of drug-likeness (QED) is 0.682. The second-order valence-electron chi connectivity index (χ2n) is 6.87. The molecule has 0 radical (unpaired) electrons. The maximum atomic E-state index is 14.6. The summed E-state index contributed by atoms with van der Waals surface area (Å²) in [6.07, 6.45) is 4.27. The highest BCUT2D eigenvalue weighted by atomic mass is 19.1. The van der Waals surface area contributed by atoms with Crippen LogP contribution < -0.4 is 0 Å². The highest BCUT2D eigenvalue weighted by Crippen LogP contribution is 2.33. The zero-order chi connectivity index (χ0) is 18.1. The standard InChI is InChI=1S/C21H21F2N3/c1-25-14-19(21(24-25)16-5-7-17(22)8-6-16)18-12-15(4-9-20(18)23)13-26-10-2-3-11-26/h4-9,12,14H,2-3,10-11,13H2,1H3. The van der Waals surface area contributed by atoms with E-state index in [1.165, 1.54) is 31.0 Å². The average molecular weight is 353 g/mol. The Morgan fingerprint density at radius 1 is 0.962 bits per heavy atom. The summed E-state index contributed by atoms with van der Waals surface area (Å²) in [5.41, 5.74) is 3.78. The molecule has 134 valence electrons. The largest absolute Gasteiger partial charge is 0.299 e. The van der Waals surface area contributed by atoms with Crippen molar-refractivity contribution in [2.75, 3.05) is 13.1 Å². The van der Waals surface area contributed by atoms with Gasteiger partial charge in [0, 0.05) is 36.5 Å². The monoisotopic (exact) mass is 353 g/mol. The molecule has 0 bridgehead atoms. The first kappa shape index (κ1) is 16.9. The fourth-order valence-corrected chi connectivity index (χ4v) is 3.58. The fourth-order valence-electron chi connectivity index (χ4n) is 3.58. The van der Waals surface area contributed by atoms with E-state index in [2.05, 4.69) is 10.00 Å². The number of hydrogen-bond acceptors (Lipinski definition) is 2. The number of likely N-dealkylation sites (tertiary alicyclic amines) is 1. The SMILES string of the molecule is Cn1cc(-c2cc(CN3CCCC3)ccc2F)c(-c2ccc(F)cc2)n1. The Morgan fingerprint density at radius 3 is 2.42 bits per heavy atom. The molecular weight excluding hydrogens is 332 g/mol. The van der Waals surface area contributed by atoms with Crippen molar-refractivity contribution in [2.45, 2.75) is 19.4 Å². The summed E-state index contributed by atoms with van der Waals surface area (Å²) in [6.45, 7) is 3.03. The van der Waals surface area contributed by atoms with Crippen LogP contribution in [-0.4, -0.2) is 27.8 Å². The van der Waals surface area contributed by atoms with Gasteiger partial charge in [-0.15, -0.1) is 0 Å². The van der Waals surface area contributed by atoms with Gasteiger partial charge in [-0.1, -0.05) is 6.07 Å². The lowest BCUT2D eigenvalue weighted by Crippen LogP contribution is -2.18. The van der Waals surface area contributed by atoms with Gasteiger partial charge in [-0.25, -0.2) is 8.78 Å². The van der Waals surface area contributed by atoms with Crippen LogP contribution in [-0.2, 0) is 13.6 Å². The molecule has 1 aromatic heterocycles. The van der Waals surface area contributed by atoms with Crippen LogP contribution in [0, 0.1) is 11.6 Å². The third-order valence-electron chi connectivity index (χ3n) is 4.87. The first-order valence-corrected chi connectivity index (χ1v) is 8.91. The Hall–Kier alpha value is -2.53. The van der Waals surface area contributed by atoms with E-state index in [4.69, 9.17) is 0 Å². The summed E-state index contributed by atoms with van der Waals surface area (Å²) in [5.74, 6) is -0.573. The van der Waals surface area contributed by atoms with Crippen LogP contribution in [0.1, 0.15) is 18.4 Å². The molecule has 0 saturated carbocycles. The molecular formula is C21H21F2N3. The van der Waals surface area contributed by atoms with Gasteiger partial charge in [0.05, 0.1) is 0 Å². The third kappa shape index (κ3) is 3.40. The normalized spacial score (nSPS) is 14.9. The molecule has 5 heteroatoms. The summed E-state index contributed by atoms with van der Waals surface area (Å²) in [4.78, 5) is 2.39. The number of benzene rings is 2. The average Bonchev–Trinajstić information content (AvgIpc) is 3.27. The molecule has 26 heavy (non-hydrogen) atoms. The van der Waals surface area contributed by atoms with Gasteiger partial charge in [0.25, 0.3) is 0 Å². The Bertz CT molecular complexity index is 910. The van der Waals surface area contributed by atoms with Gasteiger partial charge in [0.15, 0.2) is 0 Å². The van der Waals surface area contributed by atoms with Crippen molar-refractivity contribution in [1.82, 2.24) is 14.7 Å². The number of rotatable bonds is 4. The van der Waals surface area contributed by atoms with Gasteiger partial charge >= 0.3 is 0 Å². The summed E-state index contributed by atoms with van der Waals surface area (Å²) in [5, 5.41) is 4.48. The Morgan fingerprint density at radius 2 is 1.69 bits per heavy atom. The van der Waals surface area contributed by atoms with Gasteiger partial charge in [-0.05, 0) is 67.9 Å². The molecule has 2 aromatic carbocycles. The molecule has 2 heterocycles. The van der Waals surface area contributed by atoms with E-state index in [-0.39, 0.29) is 11.6 Å². The zero-order valence-electron chi connectivity index (χ0n) is 14.8. The fraction of sp³-hybridized carbons (Fsp3) is 0.286. The Kier molecular flexibility index (Phi) is 4.55. The molecule has 0 amide bonds. The van der Waals surface area contributed by atoms with Crippen LogP contribution in [0.25, 0.3) is 22.4 Å². The van der Waals surface area contributed by atoms with E-state index in [0.717, 1.165) is 36.3 Å². The maximum absolute atomic E-state index is 14.6. The first-order chi connectivity index (χ1) is 12.6. The minimum Gasteiger partial charge on any atom is -0.299 e. The number of hydrogen-bond donors (Lipinski definition) is 0. The van der Waals surface area contributed by atoms with E-state index >= 15 is 0 Å². The molecule has 1 fully saturated rings. The molecule has 3 aromatic rings. The summed E-state index contributed by atoms with van der Waals surface area (Å²) in [7, 11) is 1.81. The van der Waals surface area contributed by atoms with Crippen molar-refractivity contribution >= 4 is 0 Å². The van der Waals surface area contributed by atoms with Crippen LogP contribution in [0.2, 0.25) is 0 Å². The van der Waals surface area contributed by atoms with E-state index < -0.39 is 0 Å². The lowest BCUT2D eigenvalue weighted by atomic mass is 9.99. The molecule has 0 spiro atoms. The lowest BCUT2D eigenvalue weighted by Gasteiger charge is -2.15. The van der Waals surface area contributed by atoms with Crippen molar-refractivity contribution < 1.29 is 8.78 Å². The van der Waals surface area contributed by atoms with Gasteiger partial charge in [0.2, 0.25) is 0 Å². The van der Waals surface area contributed by atoms with Crippen molar-refractivity contribution in [3.63, 3.8) is 0 Å². The molecule has 4 rings (SSSR count). The van der Waals surface area contributed by atoms with Gasteiger partial charge in [-0.2, -0.15) is 5.10 Å². The van der Waals surface area contributed by atoms with Crippen LogP contribution in [0.15, 0.2) is 48.7 Å². The topological polar surface area (TPSA) is 21.1 Å². The summed E-state index contributed by atoms with van der Waals surface area (Å²) >= 11 is 0. The third-order valence-corrected chi connectivity index (χ3v) is 4.87. The molecule has 0 unspecified atom stereocenters. The second kappa shape index (κ2) is 7.00. The molecule has 3 nitrogen and oxygen atoms in total. The molecule has 1 aliphatic rings. The van der Waals surface area contributed by atoms with E-state index in [1.54, 1.807) is 16.8 Å². The van der Waals surface area contributed by atoms with Crippen LogP contribution in [0.4, 0.5) is 8.78 Å². The Balaban J connectivity index is 1.74.